The van der Waals surface area contributed by atoms with Gasteiger partial charge in [-0.1, -0.05) is 30.3 Å². The van der Waals surface area contributed by atoms with Crippen LogP contribution in [0.15, 0.2) is 30.3 Å². The van der Waals surface area contributed by atoms with Crippen LogP contribution in [0.2, 0.25) is 0 Å². The van der Waals surface area contributed by atoms with Crippen LogP contribution in [0.25, 0.3) is 0 Å². The van der Waals surface area contributed by atoms with E-state index in [0.717, 1.165) is 5.56 Å². The fraction of sp³-hybridized carbons (Fsp3) is 0.400. The van der Waals surface area contributed by atoms with Crippen molar-refractivity contribution >= 4 is 0 Å². The van der Waals surface area contributed by atoms with Crippen LogP contribution in [-0.2, 0) is 6.42 Å². The highest BCUT2D eigenvalue weighted by atomic mass is 19.4. The summed E-state index contributed by atoms with van der Waals surface area (Å²) in [4.78, 5) is 0. The number of rotatable bonds is 3. The molecule has 0 bridgehead atoms. The molecule has 14 heavy (non-hydrogen) atoms. The Bertz CT molecular complexity index is 268. The van der Waals surface area contributed by atoms with Gasteiger partial charge in [-0.3, -0.25) is 0 Å². The zero-order valence-corrected chi connectivity index (χ0v) is 7.59. The lowest BCUT2D eigenvalue weighted by Gasteiger charge is -2.13. The van der Waals surface area contributed by atoms with Crippen molar-refractivity contribution in [3.8, 4) is 0 Å². The molecule has 0 saturated carbocycles. The highest BCUT2D eigenvalue weighted by Crippen LogP contribution is 2.22. The van der Waals surface area contributed by atoms with E-state index in [9.17, 15) is 13.2 Å². The van der Waals surface area contributed by atoms with Crippen molar-refractivity contribution in [1.29, 1.82) is 0 Å². The number of nitrogens with two attached hydrogens (primary N) is 1. The molecule has 0 aliphatic rings. The Kier molecular flexibility index (Phi) is 3.52. The smallest absolute Gasteiger partial charge is 0.327 e. The highest BCUT2D eigenvalue weighted by Gasteiger charge is 2.30. The lowest BCUT2D eigenvalue weighted by atomic mass is 10.0. The van der Waals surface area contributed by atoms with Crippen LogP contribution in [-0.4, -0.2) is 12.2 Å². The second-order valence-corrected chi connectivity index (χ2v) is 3.27. The first-order chi connectivity index (χ1) is 6.47. The van der Waals surface area contributed by atoms with Gasteiger partial charge in [0.25, 0.3) is 0 Å². The molecule has 1 unspecified atom stereocenters. The summed E-state index contributed by atoms with van der Waals surface area (Å²) in [5.74, 6) is 0. The normalized spacial score (nSPS) is 14.0. The van der Waals surface area contributed by atoms with E-state index in [-0.39, 0.29) is 6.42 Å². The van der Waals surface area contributed by atoms with E-state index in [1.807, 2.05) is 6.07 Å². The fourth-order valence-corrected chi connectivity index (χ4v) is 1.29. The Morgan fingerprint density at radius 2 is 1.71 bits per heavy atom. The fourth-order valence-electron chi connectivity index (χ4n) is 1.29. The quantitative estimate of drug-likeness (QED) is 0.802. The van der Waals surface area contributed by atoms with Crippen LogP contribution in [0.3, 0.4) is 0 Å². The molecule has 0 aliphatic carbocycles. The average molecular weight is 203 g/mol. The molecule has 0 saturated heterocycles. The maximum atomic E-state index is 11.9. The molecule has 4 heteroatoms. The number of hydrogen-bond donors (Lipinski definition) is 1. The van der Waals surface area contributed by atoms with Gasteiger partial charge in [-0.05, 0) is 12.0 Å². The van der Waals surface area contributed by atoms with Gasteiger partial charge >= 0.3 is 6.18 Å². The van der Waals surface area contributed by atoms with Gasteiger partial charge in [-0.2, -0.15) is 13.2 Å². The summed E-state index contributed by atoms with van der Waals surface area (Å²) in [6.45, 7) is 0. The van der Waals surface area contributed by atoms with Crippen LogP contribution in [0.1, 0.15) is 12.0 Å². The molecular formula is C10H12F3N. The number of alkyl halides is 3. The standard InChI is InChI=1S/C10H12F3N/c11-10(12,13)7-9(14)6-8-4-2-1-3-5-8/h1-5,9H,6-7,14H2. The van der Waals surface area contributed by atoms with Crippen LogP contribution >= 0.6 is 0 Å². The Morgan fingerprint density at radius 1 is 1.14 bits per heavy atom. The third-order valence-electron chi connectivity index (χ3n) is 1.83. The number of benzene rings is 1. The Labute approximate surface area is 80.7 Å². The maximum Gasteiger partial charge on any atom is 0.390 e. The molecule has 0 fully saturated rings. The Hall–Kier alpha value is -1.03. The van der Waals surface area contributed by atoms with Crippen molar-refractivity contribution < 1.29 is 13.2 Å². The van der Waals surface area contributed by atoms with E-state index in [4.69, 9.17) is 5.73 Å². The lowest BCUT2D eigenvalue weighted by Crippen LogP contribution is -2.29. The topological polar surface area (TPSA) is 26.0 Å². The Morgan fingerprint density at radius 3 is 2.21 bits per heavy atom. The van der Waals surface area contributed by atoms with Crippen molar-refractivity contribution in [3.05, 3.63) is 35.9 Å². The molecular weight excluding hydrogens is 191 g/mol. The summed E-state index contributed by atoms with van der Waals surface area (Å²) in [7, 11) is 0. The molecule has 0 aliphatic heterocycles. The minimum atomic E-state index is -4.17. The monoisotopic (exact) mass is 203 g/mol. The predicted octanol–water partition coefficient (Wildman–Crippen LogP) is 2.51. The molecule has 0 radical (unpaired) electrons. The summed E-state index contributed by atoms with van der Waals surface area (Å²) in [5.41, 5.74) is 6.21. The van der Waals surface area contributed by atoms with E-state index in [1.54, 1.807) is 24.3 Å². The SMILES string of the molecule is NC(Cc1ccccc1)CC(F)(F)F. The first-order valence-electron chi connectivity index (χ1n) is 4.33. The molecule has 0 heterocycles. The zero-order valence-electron chi connectivity index (χ0n) is 7.59. The molecule has 1 rings (SSSR count). The van der Waals surface area contributed by atoms with Crippen LogP contribution < -0.4 is 5.73 Å². The van der Waals surface area contributed by atoms with Gasteiger partial charge in [0.15, 0.2) is 0 Å². The largest absolute Gasteiger partial charge is 0.390 e. The molecule has 78 valence electrons. The second kappa shape index (κ2) is 4.46. The highest BCUT2D eigenvalue weighted by molar-refractivity contribution is 5.15. The molecule has 1 nitrogen and oxygen atoms in total. The van der Waals surface area contributed by atoms with Gasteiger partial charge < -0.3 is 5.73 Å². The Balaban J connectivity index is 2.46. The van der Waals surface area contributed by atoms with Gasteiger partial charge in [0.05, 0.1) is 6.42 Å². The average Bonchev–Trinajstić information content (AvgIpc) is 2.02. The first-order valence-corrected chi connectivity index (χ1v) is 4.33. The van der Waals surface area contributed by atoms with Gasteiger partial charge in [-0.15, -0.1) is 0 Å². The minimum absolute atomic E-state index is 0.264. The summed E-state index contributed by atoms with van der Waals surface area (Å²) >= 11 is 0. The van der Waals surface area contributed by atoms with E-state index < -0.39 is 18.6 Å². The van der Waals surface area contributed by atoms with Crippen LogP contribution in [0.4, 0.5) is 13.2 Å². The van der Waals surface area contributed by atoms with Gasteiger partial charge in [0.1, 0.15) is 0 Å². The molecule has 1 aromatic rings. The lowest BCUT2D eigenvalue weighted by molar-refractivity contribution is -0.138. The second-order valence-electron chi connectivity index (χ2n) is 3.27. The maximum absolute atomic E-state index is 11.9. The van der Waals surface area contributed by atoms with E-state index in [2.05, 4.69) is 0 Å². The predicted molar refractivity (Wildman–Crippen MR) is 48.8 cm³/mol. The third kappa shape index (κ3) is 4.28. The van der Waals surface area contributed by atoms with E-state index >= 15 is 0 Å². The molecule has 0 aromatic heterocycles. The van der Waals surface area contributed by atoms with Crippen molar-refractivity contribution in [2.24, 2.45) is 5.73 Å². The van der Waals surface area contributed by atoms with Gasteiger partial charge in [0, 0.05) is 6.04 Å². The number of hydrogen-bond acceptors (Lipinski definition) is 1. The third-order valence-corrected chi connectivity index (χ3v) is 1.83. The van der Waals surface area contributed by atoms with Crippen LogP contribution in [0, 0.1) is 0 Å². The summed E-state index contributed by atoms with van der Waals surface area (Å²) in [6.07, 6.45) is -4.84. The van der Waals surface area contributed by atoms with Crippen molar-refractivity contribution in [2.75, 3.05) is 0 Å². The molecule has 0 spiro atoms. The van der Waals surface area contributed by atoms with E-state index in [0.29, 0.717) is 0 Å². The number of halogens is 3. The van der Waals surface area contributed by atoms with Crippen molar-refractivity contribution in [2.45, 2.75) is 25.1 Å². The molecule has 1 aromatic carbocycles. The van der Waals surface area contributed by atoms with E-state index in [1.165, 1.54) is 0 Å². The van der Waals surface area contributed by atoms with Crippen LogP contribution in [0.5, 0.6) is 0 Å². The van der Waals surface area contributed by atoms with Gasteiger partial charge in [0.2, 0.25) is 0 Å². The van der Waals surface area contributed by atoms with Crippen molar-refractivity contribution in [3.63, 3.8) is 0 Å². The summed E-state index contributed by atoms with van der Waals surface area (Å²) < 4.78 is 35.8. The summed E-state index contributed by atoms with van der Waals surface area (Å²) in [5, 5.41) is 0. The molecule has 1 atom stereocenters. The first kappa shape index (κ1) is 11.0. The van der Waals surface area contributed by atoms with Gasteiger partial charge in [-0.25, -0.2) is 0 Å². The molecule has 2 N–H and O–H groups in total. The zero-order chi connectivity index (χ0) is 10.6. The molecule has 0 amide bonds. The van der Waals surface area contributed by atoms with Crippen molar-refractivity contribution in [1.82, 2.24) is 0 Å². The summed E-state index contributed by atoms with van der Waals surface area (Å²) in [6, 6.07) is 8.09. The minimum Gasteiger partial charge on any atom is -0.327 e.